The second-order valence-electron chi connectivity index (χ2n) is 6.11. The number of carbonyl (C=O) groups excluding carboxylic acids is 2. The van der Waals surface area contributed by atoms with Crippen molar-refractivity contribution >= 4 is 45.5 Å². The number of hydrogen-bond donors (Lipinski definition) is 0. The van der Waals surface area contributed by atoms with E-state index in [0.717, 1.165) is 18.1 Å². The summed E-state index contributed by atoms with van der Waals surface area (Å²) in [5, 5.41) is 10.3. The van der Waals surface area contributed by atoms with Gasteiger partial charge >= 0.3 is 5.97 Å². The molecule has 0 unspecified atom stereocenters. The van der Waals surface area contributed by atoms with Crippen LogP contribution in [0.4, 0.5) is 5.00 Å². The number of rotatable bonds is 6. The summed E-state index contributed by atoms with van der Waals surface area (Å²) in [6.45, 7) is 4.00. The molecule has 27 heavy (non-hydrogen) atoms. The van der Waals surface area contributed by atoms with Gasteiger partial charge in [0.1, 0.15) is 11.6 Å². The lowest BCUT2D eigenvalue weighted by molar-refractivity contribution is -0.137. The molecule has 7 heteroatoms. The van der Waals surface area contributed by atoms with Gasteiger partial charge in [-0.3, -0.25) is 4.79 Å². The molecule has 0 radical (unpaired) electrons. The number of ketones is 1. The van der Waals surface area contributed by atoms with Crippen LogP contribution in [-0.2, 0) is 9.53 Å². The van der Waals surface area contributed by atoms with E-state index in [1.54, 1.807) is 19.1 Å². The molecular weight excluding hydrogens is 380 g/mol. The predicted octanol–water partition coefficient (Wildman–Crippen LogP) is 4.50. The molecule has 0 amide bonds. The molecule has 0 spiro atoms. The smallest absolute Gasteiger partial charge is 0.348 e. The third-order valence-corrected chi connectivity index (χ3v) is 6.41. The van der Waals surface area contributed by atoms with E-state index < -0.39 is 5.97 Å². The van der Waals surface area contributed by atoms with Gasteiger partial charge in [-0.05, 0) is 56.5 Å². The zero-order chi connectivity index (χ0) is 19.2. The van der Waals surface area contributed by atoms with Crippen LogP contribution >= 0.6 is 22.7 Å². The molecule has 1 fully saturated rings. The molecule has 5 nitrogen and oxygen atoms in total. The fourth-order valence-corrected chi connectivity index (χ4v) is 4.88. The lowest BCUT2D eigenvalue weighted by atomic mass is 10.1. The molecule has 0 N–H and O–H groups in total. The molecule has 1 saturated heterocycles. The summed E-state index contributed by atoms with van der Waals surface area (Å²) >= 11 is 2.79. The van der Waals surface area contributed by atoms with Gasteiger partial charge in [-0.25, -0.2) is 4.79 Å². The minimum atomic E-state index is -0.647. The Labute approximate surface area is 166 Å². The Morgan fingerprint density at radius 2 is 1.85 bits per heavy atom. The molecule has 0 atom stereocenters. The Balaban J connectivity index is 1.74. The van der Waals surface area contributed by atoms with Crippen molar-refractivity contribution in [2.45, 2.75) is 26.2 Å². The fraction of sp³-hybridized carbons (Fsp3) is 0.350. The van der Waals surface area contributed by atoms with Crippen LogP contribution in [0.2, 0.25) is 0 Å². The highest BCUT2D eigenvalue weighted by Gasteiger charge is 2.18. The summed E-state index contributed by atoms with van der Waals surface area (Å²) in [5.41, 5.74) is -0.0683. The van der Waals surface area contributed by atoms with E-state index in [1.807, 2.05) is 18.2 Å². The van der Waals surface area contributed by atoms with Gasteiger partial charge in [0.15, 0.2) is 0 Å². The van der Waals surface area contributed by atoms with Crippen LogP contribution in [0.3, 0.4) is 0 Å². The van der Waals surface area contributed by atoms with Crippen molar-refractivity contribution in [3.05, 3.63) is 44.5 Å². The average molecular weight is 401 g/mol. The first kappa shape index (κ1) is 19.3. The zero-order valence-corrected chi connectivity index (χ0v) is 16.7. The van der Waals surface area contributed by atoms with Crippen LogP contribution in [0.25, 0.3) is 6.08 Å². The molecule has 2 aromatic rings. The molecule has 0 bridgehead atoms. The Morgan fingerprint density at radius 3 is 2.56 bits per heavy atom. The van der Waals surface area contributed by atoms with Crippen LogP contribution in [0.15, 0.2) is 29.8 Å². The summed E-state index contributed by atoms with van der Waals surface area (Å²) in [4.78, 5) is 28.8. The lowest BCUT2D eigenvalue weighted by Gasteiger charge is -2.27. The van der Waals surface area contributed by atoms with Crippen molar-refractivity contribution < 1.29 is 14.3 Å². The highest BCUT2D eigenvalue weighted by Crippen LogP contribution is 2.31. The topological polar surface area (TPSA) is 70.4 Å². The number of carbonyl (C=O) groups is 2. The number of piperidine rings is 1. The highest BCUT2D eigenvalue weighted by atomic mass is 32.1. The highest BCUT2D eigenvalue weighted by molar-refractivity contribution is 7.20. The molecular formula is C20H20N2O3S2. The van der Waals surface area contributed by atoms with Crippen molar-refractivity contribution in [2.24, 2.45) is 0 Å². The van der Waals surface area contributed by atoms with Crippen molar-refractivity contribution in [3.63, 3.8) is 0 Å². The number of anilines is 1. The third-order valence-electron chi connectivity index (χ3n) is 4.24. The van der Waals surface area contributed by atoms with Gasteiger partial charge in [-0.2, -0.15) is 5.26 Å². The maximum atomic E-state index is 12.8. The minimum absolute atomic E-state index is 0.0254. The molecule has 2 aromatic heterocycles. The number of hydrogen-bond acceptors (Lipinski definition) is 7. The van der Waals surface area contributed by atoms with Crippen molar-refractivity contribution in [1.82, 2.24) is 0 Å². The summed E-state index contributed by atoms with van der Waals surface area (Å²) < 4.78 is 4.86. The summed E-state index contributed by atoms with van der Waals surface area (Å²) in [5.74, 6) is -0.673. The molecule has 1 aliphatic rings. The summed E-state index contributed by atoms with van der Waals surface area (Å²) in [6, 6.07) is 9.23. The van der Waals surface area contributed by atoms with Crippen molar-refractivity contribution in [3.8, 4) is 6.07 Å². The average Bonchev–Trinajstić information content (AvgIpc) is 3.36. The van der Waals surface area contributed by atoms with Crippen LogP contribution in [0.1, 0.15) is 45.6 Å². The standard InChI is InChI=1S/C20H20N2O3S2/c1-2-25-20(24)14(13-21)12-15-6-7-16(26-15)19(23)17-8-9-18(27-17)22-10-4-3-5-11-22/h6-9,12H,2-5,10-11H2,1H3/b14-12+. The maximum Gasteiger partial charge on any atom is 0.348 e. The van der Waals surface area contributed by atoms with E-state index in [2.05, 4.69) is 4.90 Å². The van der Waals surface area contributed by atoms with Crippen LogP contribution in [0, 0.1) is 11.3 Å². The van der Waals surface area contributed by atoms with Crippen LogP contribution < -0.4 is 4.90 Å². The Morgan fingerprint density at radius 1 is 1.15 bits per heavy atom. The van der Waals surface area contributed by atoms with Gasteiger partial charge in [0, 0.05) is 18.0 Å². The first-order valence-electron chi connectivity index (χ1n) is 8.90. The Kier molecular flexibility index (Phi) is 6.43. The first-order valence-corrected chi connectivity index (χ1v) is 10.5. The molecule has 1 aliphatic heterocycles. The molecule has 0 aliphatic carbocycles. The van der Waals surface area contributed by atoms with E-state index in [4.69, 9.17) is 10.00 Å². The number of nitrogens with zero attached hydrogens (tertiary/aromatic N) is 2. The van der Waals surface area contributed by atoms with Gasteiger partial charge in [-0.1, -0.05) is 0 Å². The Bertz CT molecular complexity index is 898. The molecule has 3 rings (SSSR count). The molecule has 140 valence electrons. The second kappa shape index (κ2) is 8.98. The monoisotopic (exact) mass is 400 g/mol. The number of nitriles is 1. The van der Waals surface area contributed by atoms with Gasteiger partial charge in [0.05, 0.1) is 21.4 Å². The lowest BCUT2D eigenvalue weighted by Crippen LogP contribution is -2.28. The van der Waals surface area contributed by atoms with E-state index in [0.29, 0.717) is 14.6 Å². The maximum absolute atomic E-state index is 12.8. The van der Waals surface area contributed by atoms with E-state index in [1.165, 1.54) is 48.0 Å². The number of thiophene rings is 2. The second-order valence-corrected chi connectivity index (χ2v) is 8.28. The van der Waals surface area contributed by atoms with Gasteiger partial charge in [0.25, 0.3) is 0 Å². The summed E-state index contributed by atoms with van der Waals surface area (Å²) in [6.07, 6.45) is 5.13. The van der Waals surface area contributed by atoms with E-state index in [9.17, 15) is 9.59 Å². The Hall–Kier alpha value is -2.43. The first-order chi connectivity index (χ1) is 13.1. The quantitative estimate of drug-likeness (QED) is 0.309. The van der Waals surface area contributed by atoms with E-state index in [-0.39, 0.29) is 18.0 Å². The summed E-state index contributed by atoms with van der Waals surface area (Å²) in [7, 11) is 0. The molecule has 0 aromatic carbocycles. The molecule has 3 heterocycles. The number of ether oxygens (including phenoxy) is 1. The third kappa shape index (κ3) is 4.65. The van der Waals surface area contributed by atoms with Crippen molar-refractivity contribution in [2.75, 3.05) is 24.6 Å². The van der Waals surface area contributed by atoms with Crippen molar-refractivity contribution in [1.29, 1.82) is 5.26 Å². The van der Waals surface area contributed by atoms with Gasteiger partial charge in [0.2, 0.25) is 5.78 Å². The fourth-order valence-electron chi connectivity index (χ4n) is 2.90. The SMILES string of the molecule is CCOC(=O)/C(C#N)=C/c1ccc(C(=O)c2ccc(N3CCCCC3)s2)s1. The molecule has 0 saturated carbocycles. The van der Waals surface area contributed by atoms with Gasteiger partial charge < -0.3 is 9.64 Å². The zero-order valence-electron chi connectivity index (χ0n) is 15.1. The largest absolute Gasteiger partial charge is 0.462 e. The van der Waals surface area contributed by atoms with Gasteiger partial charge in [-0.15, -0.1) is 22.7 Å². The minimum Gasteiger partial charge on any atom is -0.462 e. The van der Waals surface area contributed by atoms with Crippen LogP contribution in [0.5, 0.6) is 0 Å². The van der Waals surface area contributed by atoms with Crippen LogP contribution in [-0.4, -0.2) is 31.4 Å². The number of esters is 1. The normalized spacial score (nSPS) is 14.7. The predicted molar refractivity (Wildman–Crippen MR) is 108 cm³/mol. The van der Waals surface area contributed by atoms with E-state index >= 15 is 0 Å².